The molecule has 0 unspecified atom stereocenters. The minimum Gasteiger partial charge on any atom is -0.479 e. The summed E-state index contributed by atoms with van der Waals surface area (Å²) in [5.74, 6) is -1.93. The van der Waals surface area contributed by atoms with Crippen molar-refractivity contribution in [2.45, 2.75) is 6.42 Å². The second kappa shape index (κ2) is 5.61. The normalized spacial score (nSPS) is 9.88. The highest BCUT2D eigenvalue weighted by Gasteiger charge is 2.06. The van der Waals surface area contributed by atoms with Gasteiger partial charge in [0.2, 0.25) is 5.91 Å². The van der Waals surface area contributed by atoms with Crippen LogP contribution in [0, 0.1) is 0 Å². The lowest BCUT2D eigenvalue weighted by Crippen LogP contribution is -2.30. The molecule has 0 saturated carbocycles. The monoisotopic (exact) mass is 243 g/mol. The minimum atomic E-state index is -1.24. The van der Waals surface area contributed by atoms with Crippen LogP contribution in [-0.2, 0) is 20.8 Å². The molecule has 0 atom stereocenters. The van der Waals surface area contributed by atoms with E-state index >= 15 is 0 Å². The second-order valence-electron chi connectivity index (χ2n) is 3.00. The Morgan fingerprint density at radius 1 is 1.35 bits per heavy atom. The maximum atomic E-state index is 11.2. The molecule has 0 aromatic carbocycles. The van der Waals surface area contributed by atoms with Gasteiger partial charge in [0.25, 0.3) is 5.56 Å². The number of hydrogen-bond donors (Lipinski definition) is 4. The van der Waals surface area contributed by atoms with Crippen LogP contribution >= 0.6 is 0 Å². The number of amides is 1. The molecule has 1 aromatic rings. The van der Waals surface area contributed by atoms with Crippen LogP contribution in [0.3, 0.4) is 0 Å². The van der Waals surface area contributed by atoms with Crippen molar-refractivity contribution in [3.63, 3.8) is 0 Å². The van der Waals surface area contributed by atoms with E-state index in [9.17, 15) is 19.2 Å². The number of aliphatic carboxylic acids is 1. The fourth-order valence-electron chi connectivity index (χ4n) is 1.00. The molecular formula is C8H9N3O6. The molecule has 0 saturated heterocycles. The number of rotatable bonds is 5. The summed E-state index contributed by atoms with van der Waals surface area (Å²) in [6.45, 7) is -0.683. The largest absolute Gasteiger partial charge is 0.479 e. The first kappa shape index (κ1) is 12.6. The molecule has 0 bridgehead atoms. The number of hydroxylamine groups is 1. The Labute approximate surface area is 93.4 Å². The zero-order valence-corrected chi connectivity index (χ0v) is 8.48. The lowest BCUT2D eigenvalue weighted by atomic mass is 10.3. The van der Waals surface area contributed by atoms with Crippen LogP contribution in [0.25, 0.3) is 0 Å². The van der Waals surface area contributed by atoms with Gasteiger partial charge in [0, 0.05) is 11.8 Å². The Morgan fingerprint density at radius 2 is 2.06 bits per heavy atom. The molecule has 4 N–H and O–H groups in total. The highest BCUT2D eigenvalue weighted by molar-refractivity contribution is 5.77. The van der Waals surface area contributed by atoms with Crippen LogP contribution in [0.5, 0.6) is 0 Å². The molecule has 1 amide bonds. The summed E-state index contributed by atoms with van der Waals surface area (Å²) in [5.41, 5.74) is 0.574. The molecule has 0 radical (unpaired) electrons. The molecule has 9 heteroatoms. The molecule has 92 valence electrons. The maximum absolute atomic E-state index is 11.2. The lowest BCUT2D eigenvalue weighted by molar-refractivity contribution is -0.149. The van der Waals surface area contributed by atoms with E-state index in [1.165, 1.54) is 0 Å². The molecule has 1 aromatic heterocycles. The van der Waals surface area contributed by atoms with Gasteiger partial charge in [0.15, 0.2) is 6.61 Å². The first-order valence-electron chi connectivity index (χ1n) is 4.42. The third kappa shape index (κ3) is 4.75. The highest BCUT2D eigenvalue weighted by atomic mass is 16.7. The fraction of sp³-hybridized carbons (Fsp3) is 0.250. The smallest absolute Gasteiger partial charge is 0.332 e. The van der Waals surface area contributed by atoms with E-state index in [2.05, 4.69) is 9.82 Å². The lowest BCUT2D eigenvalue weighted by Gasteiger charge is -2.03. The van der Waals surface area contributed by atoms with Crippen LogP contribution in [0.1, 0.15) is 5.69 Å². The van der Waals surface area contributed by atoms with Crippen molar-refractivity contribution in [3.8, 4) is 0 Å². The summed E-state index contributed by atoms with van der Waals surface area (Å²) < 4.78 is 0. The average molecular weight is 243 g/mol. The molecule has 1 rings (SSSR count). The summed E-state index contributed by atoms with van der Waals surface area (Å²) in [4.78, 5) is 51.4. The predicted octanol–water partition coefficient (Wildman–Crippen LogP) is -2.26. The Bertz CT molecular complexity index is 502. The summed E-state index contributed by atoms with van der Waals surface area (Å²) in [5, 5.41) is 8.22. The van der Waals surface area contributed by atoms with Gasteiger partial charge >= 0.3 is 11.7 Å². The number of nitrogens with one attached hydrogen (secondary N) is 3. The summed E-state index contributed by atoms with van der Waals surface area (Å²) in [6, 6.07) is 1.04. The van der Waals surface area contributed by atoms with E-state index in [0.29, 0.717) is 0 Å². The van der Waals surface area contributed by atoms with Crippen LogP contribution < -0.4 is 16.7 Å². The molecule has 17 heavy (non-hydrogen) atoms. The van der Waals surface area contributed by atoms with Gasteiger partial charge < -0.3 is 10.1 Å². The maximum Gasteiger partial charge on any atom is 0.332 e. The molecule has 0 aliphatic heterocycles. The average Bonchev–Trinajstić information content (AvgIpc) is 2.14. The van der Waals surface area contributed by atoms with Gasteiger partial charge in [0.1, 0.15) is 0 Å². The van der Waals surface area contributed by atoms with Crippen LogP contribution in [0.4, 0.5) is 0 Å². The van der Waals surface area contributed by atoms with Crippen LogP contribution in [0.15, 0.2) is 15.7 Å². The number of carbonyl (C=O) groups is 2. The SMILES string of the molecule is O=C(O)CONC(=O)Cc1cc(=O)[nH]c(=O)[nH]1. The number of aromatic nitrogens is 2. The van der Waals surface area contributed by atoms with Crippen molar-refractivity contribution >= 4 is 11.9 Å². The molecular weight excluding hydrogens is 234 g/mol. The van der Waals surface area contributed by atoms with Crippen molar-refractivity contribution in [1.82, 2.24) is 15.4 Å². The van der Waals surface area contributed by atoms with Gasteiger partial charge in [-0.05, 0) is 0 Å². The fourth-order valence-corrected chi connectivity index (χ4v) is 1.00. The first-order valence-corrected chi connectivity index (χ1v) is 4.42. The van der Waals surface area contributed by atoms with Crippen LogP contribution in [-0.4, -0.2) is 33.6 Å². The zero-order chi connectivity index (χ0) is 12.8. The molecule has 0 spiro atoms. The first-order chi connectivity index (χ1) is 7.97. The Morgan fingerprint density at radius 3 is 2.65 bits per heavy atom. The highest BCUT2D eigenvalue weighted by Crippen LogP contribution is 1.87. The van der Waals surface area contributed by atoms with E-state index in [4.69, 9.17) is 5.11 Å². The third-order valence-electron chi connectivity index (χ3n) is 1.55. The third-order valence-corrected chi connectivity index (χ3v) is 1.55. The van der Waals surface area contributed by atoms with Gasteiger partial charge in [-0.15, -0.1) is 0 Å². The molecule has 0 aliphatic rings. The van der Waals surface area contributed by atoms with E-state index in [0.717, 1.165) is 6.07 Å². The second-order valence-corrected chi connectivity index (χ2v) is 3.00. The zero-order valence-electron chi connectivity index (χ0n) is 8.48. The quantitative estimate of drug-likeness (QED) is 0.430. The van der Waals surface area contributed by atoms with Crippen molar-refractivity contribution in [3.05, 3.63) is 32.6 Å². The number of carbonyl (C=O) groups excluding carboxylic acids is 1. The van der Waals surface area contributed by atoms with Crippen LogP contribution in [0.2, 0.25) is 0 Å². The standard InChI is InChI=1S/C8H9N3O6/c12-5-1-4(9-8(16)10-5)2-6(13)11-17-3-7(14)15/h1H,2-3H2,(H,11,13)(H,14,15)(H2,9,10,12,16). The summed E-state index contributed by atoms with van der Waals surface area (Å²) >= 11 is 0. The molecule has 0 fully saturated rings. The molecule has 1 heterocycles. The van der Waals surface area contributed by atoms with Crippen molar-refractivity contribution in [2.24, 2.45) is 0 Å². The number of carboxylic acids is 1. The van der Waals surface area contributed by atoms with Gasteiger partial charge in [-0.3, -0.25) is 19.4 Å². The summed E-state index contributed by atoms with van der Waals surface area (Å²) in [7, 11) is 0. The van der Waals surface area contributed by atoms with Crippen molar-refractivity contribution in [1.29, 1.82) is 0 Å². The van der Waals surface area contributed by atoms with Gasteiger partial charge in [0.05, 0.1) is 6.42 Å². The van der Waals surface area contributed by atoms with Gasteiger partial charge in [-0.2, -0.15) is 0 Å². The Kier molecular flexibility index (Phi) is 4.17. The van der Waals surface area contributed by atoms with E-state index in [1.807, 2.05) is 10.5 Å². The number of carboxylic acid groups (broad SMARTS) is 1. The Hall–Kier alpha value is -2.42. The molecule has 0 aliphatic carbocycles. The van der Waals surface area contributed by atoms with Gasteiger partial charge in [-0.25, -0.2) is 15.1 Å². The number of hydrogen-bond acceptors (Lipinski definition) is 5. The number of H-pyrrole nitrogens is 2. The van der Waals surface area contributed by atoms with E-state index < -0.39 is 29.7 Å². The van der Waals surface area contributed by atoms with Crippen molar-refractivity contribution in [2.75, 3.05) is 6.61 Å². The minimum absolute atomic E-state index is 0.0928. The molecule has 9 nitrogen and oxygen atoms in total. The van der Waals surface area contributed by atoms with Gasteiger partial charge in [-0.1, -0.05) is 0 Å². The van der Waals surface area contributed by atoms with Crippen molar-refractivity contribution < 1.29 is 19.5 Å². The number of aromatic amines is 2. The van der Waals surface area contributed by atoms with E-state index in [1.54, 1.807) is 0 Å². The predicted molar refractivity (Wildman–Crippen MR) is 53.1 cm³/mol. The summed E-state index contributed by atoms with van der Waals surface area (Å²) in [6.07, 6.45) is -0.307. The topological polar surface area (TPSA) is 141 Å². The Balaban J connectivity index is 2.53. The van der Waals surface area contributed by atoms with E-state index in [-0.39, 0.29) is 12.1 Å².